The Hall–Kier alpha value is -0.770. The quantitative estimate of drug-likeness (QED) is 0.752. The number of hydrogen-bond acceptors (Lipinski definition) is 3. The highest BCUT2D eigenvalue weighted by atomic mass is 16.6. The number of nitrogens with zero attached hydrogens (tertiary/aromatic N) is 1. The van der Waals surface area contributed by atoms with Crippen molar-refractivity contribution in [2.45, 2.75) is 59.1 Å². The molecule has 0 bridgehead atoms. The van der Waals surface area contributed by atoms with E-state index in [2.05, 4.69) is 0 Å². The van der Waals surface area contributed by atoms with Crippen LogP contribution in [0.1, 0.15) is 47.5 Å². The second-order valence-electron chi connectivity index (χ2n) is 5.06. The minimum absolute atomic E-state index is 0. The van der Waals surface area contributed by atoms with Crippen LogP contribution < -0.4 is 5.73 Å². The monoisotopic (exact) mass is 230 g/mol. The smallest absolute Gasteiger partial charge is 0.410 e. The fourth-order valence-corrected chi connectivity index (χ4v) is 1.81. The summed E-state index contributed by atoms with van der Waals surface area (Å²) in [6.07, 6.45) is 2.98. The van der Waals surface area contributed by atoms with E-state index < -0.39 is 5.60 Å². The zero-order valence-corrected chi connectivity index (χ0v) is 9.95. The maximum absolute atomic E-state index is 11.8. The lowest BCUT2D eigenvalue weighted by atomic mass is 10.0. The van der Waals surface area contributed by atoms with Gasteiger partial charge in [0.05, 0.1) is 0 Å². The van der Waals surface area contributed by atoms with E-state index >= 15 is 0 Å². The van der Waals surface area contributed by atoms with E-state index in [-0.39, 0.29) is 19.6 Å². The SMILES string of the molecule is C.CC(C)(C)OC(=O)N1CCCCC1CN. The molecule has 1 atom stereocenters. The highest BCUT2D eigenvalue weighted by Gasteiger charge is 2.29. The van der Waals surface area contributed by atoms with Crippen molar-refractivity contribution in [3.8, 4) is 0 Å². The second kappa shape index (κ2) is 6.09. The van der Waals surface area contributed by atoms with E-state index in [0.717, 1.165) is 25.8 Å². The van der Waals surface area contributed by atoms with Crippen LogP contribution in [0.5, 0.6) is 0 Å². The lowest BCUT2D eigenvalue weighted by Gasteiger charge is -2.36. The molecule has 1 amide bonds. The van der Waals surface area contributed by atoms with Crippen molar-refractivity contribution in [3.63, 3.8) is 0 Å². The molecule has 0 aromatic rings. The van der Waals surface area contributed by atoms with Crippen LogP contribution in [0.25, 0.3) is 0 Å². The third-order valence-electron chi connectivity index (χ3n) is 2.53. The van der Waals surface area contributed by atoms with Crippen LogP contribution in [0.3, 0.4) is 0 Å². The topological polar surface area (TPSA) is 55.6 Å². The van der Waals surface area contributed by atoms with Gasteiger partial charge in [-0.1, -0.05) is 7.43 Å². The summed E-state index contributed by atoms with van der Waals surface area (Å²) in [5.41, 5.74) is 5.22. The number of amides is 1. The van der Waals surface area contributed by atoms with Gasteiger partial charge in [-0.3, -0.25) is 0 Å². The predicted octanol–water partition coefficient (Wildman–Crippen LogP) is 2.37. The Labute approximate surface area is 99.1 Å². The Balaban J connectivity index is 0.00000225. The highest BCUT2D eigenvalue weighted by molar-refractivity contribution is 5.68. The van der Waals surface area contributed by atoms with Gasteiger partial charge in [-0.25, -0.2) is 4.79 Å². The first-order chi connectivity index (χ1) is 6.94. The van der Waals surface area contributed by atoms with Crippen molar-refractivity contribution >= 4 is 6.09 Å². The van der Waals surface area contributed by atoms with Gasteiger partial charge in [-0.05, 0) is 40.0 Å². The van der Waals surface area contributed by atoms with Gasteiger partial charge in [0.25, 0.3) is 0 Å². The van der Waals surface area contributed by atoms with Gasteiger partial charge in [0.15, 0.2) is 0 Å². The highest BCUT2D eigenvalue weighted by Crippen LogP contribution is 2.19. The average molecular weight is 230 g/mol. The average Bonchev–Trinajstić information content (AvgIpc) is 2.15. The molecule has 1 aliphatic rings. The second-order valence-corrected chi connectivity index (χ2v) is 5.06. The molecule has 0 radical (unpaired) electrons. The molecule has 16 heavy (non-hydrogen) atoms. The van der Waals surface area contributed by atoms with Gasteiger partial charge >= 0.3 is 6.09 Å². The van der Waals surface area contributed by atoms with Gasteiger partial charge in [0.1, 0.15) is 5.60 Å². The number of rotatable bonds is 1. The molecule has 1 fully saturated rings. The van der Waals surface area contributed by atoms with Crippen molar-refractivity contribution in [3.05, 3.63) is 0 Å². The molecular weight excluding hydrogens is 204 g/mol. The molecule has 2 N–H and O–H groups in total. The van der Waals surface area contributed by atoms with Gasteiger partial charge in [0, 0.05) is 19.1 Å². The van der Waals surface area contributed by atoms with Crippen molar-refractivity contribution in [2.24, 2.45) is 5.73 Å². The molecule has 0 aromatic carbocycles. The first kappa shape index (κ1) is 15.2. The van der Waals surface area contributed by atoms with E-state index in [1.807, 2.05) is 20.8 Å². The summed E-state index contributed by atoms with van der Waals surface area (Å²) >= 11 is 0. The molecule has 96 valence electrons. The Kier molecular flexibility index (Phi) is 5.79. The number of carbonyl (C=O) groups is 1. The summed E-state index contributed by atoms with van der Waals surface area (Å²) in [6, 6.07) is 0.161. The molecule has 0 saturated carbocycles. The van der Waals surface area contributed by atoms with E-state index in [9.17, 15) is 4.79 Å². The number of nitrogens with two attached hydrogens (primary N) is 1. The van der Waals surface area contributed by atoms with Crippen molar-refractivity contribution in [2.75, 3.05) is 13.1 Å². The molecule has 4 nitrogen and oxygen atoms in total. The zero-order chi connectivity index (χ0) is 11.5. The summed E-state index contributed by atoms with van der Waals surface area (Å²) < 4.78 is 5.34. The fraction of sp³-hybridized carbons (Fsp3) is 0.917. The van der Waals surface area contributed by atoms with Crippen LogP contribution in [0.2, 0.25) is 0 Å². The van der Waals surface area contributed by atoms with Crippen LogP contribution in [0.4, 0.5) is 4.79 Å². The van der Waals surface area contributed by atoms with Gasteiger partial charge in [-0.15, -0.1) is 0 Å². The summed E-state index contributed by atoms with van der Waals surface area (Å²) in [6.45, 7) is 6.95. The van der Waals surface area contributed by atoms with Crippen LogP contribution in [-0.2, 0) is 4.74 Å². The third-order valence-corrected chi connectivity index (χ3v) is 2.53. The molecule has 1 unspecified atom stereocenters. The molecule has 1 rings (SSSR count). The van der Waals surface area contributed by atoms with Crippen molar-refractivity contribution < 1.29 is 9.53 Å². The molecule has 4 heteroatoms. The number of piperidine rings is 1. The maximum Gasteiger partial charge on any atom is 0.410 e. The maximum atomic E-state index is 11.8. The summed E-state index contributed by atoms with van der Waals surface area (Å²) in [4.78, 5) is 13.6. The molecule has 1 heterocycles. The Morgan fingerprint density at radius 2 is 2.06 bits per heavy atom. The van der Waals surface area contributed by atoms with Crippen LogP contribution >= 0.6 is 0 Å². The minimum atomic E-state index is -0.423. The number of ether oxygens (including phenoxy) is 1. The third kappa shape index (κ3) is 4.39. The van der Waals surface area contributed by atoms with Crippen molar-refractivity contribution in [1.29, 1.82) is 0 Å². The van der Waals surface area contributed by atoms with Gasteiger partial charge < -0.3 is 15.4 Å². The summed E-state index contributed by atoms with van der Waals surface area (Å²) in [5.74, 6) is 0. The van der Waals surface area contributed by atoms with E-state index in [1.54, 1.807) is 4.90 Å². The van der Waals surface area contributed by atoms with Gasteiger partial charge in [0.2, 0.25) is 0 Å². The van der Waals surface area contributed by atoms with E-state index in [4.69, 9.17) is 10.5 Å². The predicted molar refractivity (Wildman–Crippen MR) is 66.4 cm³/mol. The van der Waals surface area contributed by atoms with Gasteiger partial charge in [-0.2, -0.15) is 0 Å². The normalized spacial score (nSPS) is 21.2. The number of likely N-dealkylation sites (tertiary alicyclic amines) is 1. The zero-order valence-electron chi connectivity index (χ0n) is 9.95. The van der Waals surface area contributed by atoms with Crippen LogP contribution in [-0.4, -0.2) is 35.7 Å². The first-order valence-electron chi connectivity index (χ1n) is 5.64. The Morgan fingerprint density at radius 3 is 2.56 bits per heavy atom. The summed E-state index contributed by atoms with van der Waals surface area (Å²) in [7, 11) is 0. The lowest BCUT2D eigenvalue weighted by molar-refractivity contribution is 0.0109. The lowest BCUT2D eigenvalue weighted by Crippen LogP contribution is -2.49. The number of hydrogen-bond donors (Lipinski definition) is 1. The Bertz CT molecular complexity index is 224. The number of carbonyl (C=O) groups excluding carboxylic acids is 1. The van der Waals surface area contributed by atoms with Crippen molar-refractivity contribution in [1.82, 2.24) is 4.90 Å². The molecule has 1 saturated heterocycles. The molecule has 0 spiro atoms. The standard InChI is InChI=1S/C11H22N2O2.CH4/c1-11(2,3)15-10(14)13-7-5-4-6-9(13)8-12;/h9H,4-8,12H2,1-3H3;1H4. The molecular formula is C12H26N2O2. The Morgan fingerprint density at radius 1 is 1.44 bits per heavy atom. The largest absolute Gasteiger partial charge is 0.444 e. The molecule has 0 aliphatic carbocycles. The summed E-state index contributed by atoms with van der Waals surface area (Å²) in [5, 5.41) is 0. The fourth-order valence-electron chi connectivity index (χ4n) is 1.81. The minimum Gasteiger partial charge on any atom is -0.444 e. The first-order valence-corrected chi connectivity index (χ1v) is 5.64. The molecule has 1 aliphatic heterocycles. The van der Waals surface area contributed by atoms with E-state index in [1.165, 1.54) is 0 Å². The van der Waals surface area contributed by atoms with E-state index in [0.29, 0.717) is 6.54 Å². The van der Waals surface area contributed by atoms with Crippen LogP contribution in [0.15, 0.2) is 0 Å². The molecule has 0 aromatic heterocycles. The van der Waals surface area contributed by atoms with Crippen LogP contribution in [0, 0.1) is 0 Å².